The van der Waals surface area contributed by atoms with E-state index in [2.05, 4.69) is 15.2 Å². The summed E-state index contributed by atoms with van der Waals surface area (Å²) >= 11 is 0. The molecule has 4 aromatic rings. The average Bonchev–Trinajstić information content (AvgIpc) is 3.46. The third-order valence-corrected chi connectivity index (χ3v) is 6.08. The molecule has 33 heavy (non-hydrogen) atoms. The summed E-state index contributed by atoms with van der Waals surface area (Å²) < 4.78 is 28.5. The van der Waals surface area contributed by atoms with Crippen molar-refractivity contribution in [3.63, 3.8) is 0 Å². The molecule has 5 rings (SSSR count). The van der Waals surface area contributed by atoms with Gasteiger partial charge in [0.1, 0.15) is 17.5 Å². The van der Waals surface area contributed by atoms with E-state index >= 15 is 0 Å². The van der Waals surface area contributed by atoms with Crippen LogP contribution in [0.15, 0.2) is 66.9 Å². The van der Waals surface area contributed by atoms with E-state index in [-0.39, 0.29) is 29.6 Å². The molecule has 2 atom stereocenters. The van der Waals surface area contributed by atoms with Crippen LogP contribution in [0.5, 0.6) is 0 Å². The fourth-order valence-corrected chi connectivity index (χ4v) is 4.38. The van der Waals surface area contributed by atoms with Gasteiger partial charge in [-0.25, -0.2) is 18.3 Å². The van der Waals surface area contributed by atoms with Gasteiger partial charge in [0.15, 0.2) is 11.3 Å². The molecule has 1 N–H and O–H groups in total. The highest BCUT2D eigenvalue weighted by Gasteiger charge is 2.28. The molecule has 2 unspecified atom stereocenters. The maximum absolute atomic E-state index is 13.8. The van der Waals surface area contributed by atoms with Gasteiger partial charge in [-0.1, -0.05) is 24.3 Å². The number of carbonyl (C=O) groups is 1. The number of hydrogen-bond donors (Lipinski definition) is 1. The second kappa shape index (κ2) is 8.61. The minimum absolute atomic E-state index is 0.0185. The Labute approximate surface area is 189 Å². The van der Waals surface area contributed by atoms with Crippen molar-refractivity contribution in [1.82, 2.24) is 19.9 Å². The fraction of sp³-hybridized carbons (Fsp3) is 0.240. The molecule has 0 saturated carbocycles. The number of anilines is 1. The van der Waals surface area contributed by atoms with Crippen molar-refractivity contribution in [3.05, 3.63) is 95.3 Å². The minimum atomic E-state index is -0.327. The van der Waals surface area contributed by atoms with Gasteiger partial charge in [0, 0.05) is 6.54 Å². The zero-order valence-corrected chi connectivity index (χ0v) is 18.1. The van der Waals surface area contributed by atoms with Crippen LogP contribution in [0.1, 0.15) is 53.5 Å². The Morgan fingerprint density at radius 1 is 1.09 bits per heavy atom. The van der Waals surface area contributed by atoms with Crippen LogP contribution in [0.3, 0.4) is 0 Å². The third-order valence-electron chi connectivity index (χ3n) is 6.08. The molecule has 3 heterocycles. The van der Waals surface area contributed by atoms with Gasteiger partial charge in [-0.05, 0) is 67.3 Å². The second-order valence-electron chi connectivity index (χ2n) is 8.26. The Hall–Kier alpha value is -3.81. The molecule has 0 spiro atoms. The molecular weight excluding hydrogens is 424 g/mol. The number of hydrogen-bond acceptors (Lipinski definition) is 4. The van der Waals surface area contributed by atoms with E-state index in [4.69, 9.17) is 5.10 Å². The Balaban J connectivity index is 1.41. The van der Waals surface area contributed by atoms with Crippen LogP contribution in [0.4, 0.5) is 14.6 Å². The summed E-state index contributed by atoms with van der Waals surface area (Å²) in [6.45, 7) is 2.62. The number of imidazole rings is 1. The summed E-state index contributed by atoms with van der Waals surface area (Å²) in [6.07, 6.45) is 3.36. The predicted molar refractivity (Wildman–Crippen MR) is 121 cm³/mol. The van der Waals surface area contributed by atoms with Gasteiger partial charge >= 0.3 is 0 Å². The van der Waals surface area contributed by atoms with Crippen molar-refractivity contribution in [2.24, 2.45) is 0 Å². The van der Waals surface area contributed by atoms with Gasteiger partial charge in [0.25, 0.3) is 5.91 Å². The Bertz CT molecular complexity index is 1300. The summed E-state index contributed by atoms with van der Waals surface area (Å²) in [5.41, 5.74) is 2.57. The third kappa shape index (κ3) is 4.16. The lowest BCUT2D eigenvalue weighted by Gasteiger charge is -2.26. The molecule has 1 fully saturated rings. The number of benzene rings is 2. The molecule has 0 radical (unpaired) electrons. The molecule has 2 aromatic carbocycles. The second-order valence-corrected chi connectivity index (χ2v) is 8.26. The molecular formula is C25H23F2N5O. The molecule has 1 amide bonds. The molecule has 1 aliphatic rings. The SMILES string of the molecule is CC(NC(=O)c1cnc2ccc(N3CCCC3c3cccc(F)c3)nn12)c1ccc(F)cc1. The Morgan fingerprint density at radius 3 is 2.70 bits per heavy atom. The van der Waals surface area contributed by atoms with Gasteiger partial charge in [-0.2, -0.15) is 0 Å². The molecule has 8 heteroatoms. The highest BCUT2D eigenvalue weighted by molar-refractivity contribution is 5.93. The molecule has 0 bridgehead atoms. The van der Waals surface area contributed by atoms with Crippen molar-refractivity contribution in [1.29, 1.82) is 0 Å². The topological polar surface area (TPSA) is 62.5 Å². The zero-order chi connectivity index (χ0) is 22.9. The summed E-state index contributed by atoms with van der Waals surface area (Å²) in [7, 11) is 0. The van der Waals surface area contributed by atoms with Crippen LogP contribution in [0.25, 0.3) is 5.65 Å². The van der Waals surface area contributed by atoms with Crippen LogP contribution in [-0.2, 0) is 0 Å². The molecule has 2 aromatic heterocycles. The van der Waals surface area contributed by atoms with Gasteiger partial charge in [0.05, 0.1) is 18.3 Å². The quantitative estimate of drug-likeness (QED) is 0.476. The van der Waals surface area contributed by atoms with Crippen molar-refractivity contribution in [2.45, 2.75) is 31.8 Å². The fourth-order valence-electron chi connectivity index (χ4n) is 4.38. The van der Waals surface area contributed by atoms with Crippen molar-refractivity contribution in [3.8, 4) is 0 Å². The number of rotatable bonds is 5. The number of amides is 1. The maximum Gasteiger partial charge on any atom is 0.272 e. The van der Waals surface area contributed by atoms with Gasteiger partial charge in [0.2, 0.25) is 0 Å². The van der Waals surface area contributed by atoms with Crippen LogP contribution in [-0.4, -0.2) is 27.0 Å². The highest BCUT2D eigenvalue weighted by Crippen LogP contribution is 2.35. The standard InChI is InChI=1S/C25H23F2N5O/c1-16(17-7-9-19(26)10-8-17)29-25(33)22-15-28-23-11-12-24(30-32(22)23)31-13-3-6-21(31)18-4-2-5-20(27)14-18/h2,4-5,7-12,14-16,21H,3,6,13H2,1H3,(H,29,33). The largest absolute Gasteiger partial charge is 0.348 e. The molecule has 0 aliphatic carbocycles. The van der Waals surface area contributed by atoms with Crippen LogP contribution in [0.2, 0.25) is 0 Å². The first-order valence-electron chi connectivity index (χ1n) is 10.9. The van der Waals surface area contributed by atoms with Crippen LogP contribution >= 0.6 is 0 Å². The van der Waals surface area contributed by atoms with E-state index in [9.17, 15) is 13.6 Å². The number of nitrogens with zero attached hydrogens (tertiary/aromatic N) is 4. The number of fused-ring (bicyclic) bond motifs is 1. The van der Waals surface area contributed by atoms with Gasteiger partial charge in [-0.15, -0.1) is 5.10 Å². The van der Waals surface area contributed by atoms with E-state index in [0.717, 1.165) is 30.5 Å². The van der Waals surface area contributed by atoms with Crippen LogP contribution in [0, 0.1) is 11.6 Å². The van der Waals surface area contributed by atoms with E-state index in [0.29, 0.717) is 17.2 Å². The molecule has 168 valence electrons. The van der Waals surface area contributed by atoms with Crippen molar-refractivity contribution < 1.29 is 13.6 Å². The minimum Gasteiger partial charge on any atom is -0.348 e. The lowest BCUT2D eigenvalue weighted by Crippen LogP contribution is -2.28. The summed E-state index contributed by atoms with van der Waals surface area (Å²) in [4.78, 5) is 19.4. The van der Waals surface area contributed by atoms with E-state index in [1.165, 1.54) is 28.9 Å². The number of nitrogens with one attached hydrogen (secondary N) is 1. The highest BCUT2D eigenvalue weighted by atomic mass is 19.1. The lowest BCUT2D eigenvalue weighted by atomic mass is 10.0. The summed E-state index contributed by atoms with van der Waals surface area (Å²) in [5.74, 6) is -0.208. The first-order valence-corrected chi connectivity index (χ1v) is 10.9. The summed E-state index contributed by atoms with van der Waals surface area (Å²) in [6, 6.07) is 16.1. The van der Waals surface area contributed by atoms with Crippen molar-refractivity contribution in [2.75, 3.05) is 11.4 Å². The summed E-state index contributed by atoms with van der Waals surface area (Å²) in [5, 5.41) is 7.63. The maximum atomic E-state index is 13.8. The van der Waals surface area contributed by atoms with Gasteiger partial charge < -0.3 is 10.2 Å². The Kier molecular flexibility index (Phi) is 5.50. The van der Waals surface area contributed by atoms with E-state index in [1.807, 2.05) is 25.1 Å². The average molecular weight is 447 g/mol. The first kappa shape index (κ1) is 21.1. The number of halogens is 2. The zero-order valence-electron chi connectivity index (χ0n) is 18.1. The Morgan fingerprint density at radius 2 is 1.91 bits per heavy atom. The normalized spacial score (nSPS) is 16.8. The van der Waals surface area contributed by atoms with Crippen molar-refractivity contribution >= 4 is 17.4 Å². The number of carbonyl (C=O) groups excluding carboxylic acids is 1. The monoisotopic (exact) mass is 447 g/mol. The van der Waals surface area contributed by atoms with E-state index in [1.54, 1.807) is 24.3 Å². The molecule has 1 saturated heterocycles. The lowest BCUT2D eigenvalue weighted by molar-refractivity contribution is 0.0933. The smallest absolute Gasteiger partial charge is 0.272 e. The molecule has 6 nitrogen and oxygen atoms in total. The predicted octanol–water partition coefficient (Wildman–Crippen LogP) is 4.84. The van der Waals surface area contributed by atoms with Crippen LogP contribution < -0.4 is 10.2 Å². The number of aromatic nitrogens is 3. The first-order chi connectivity index (χ1) is 16.0. The van der Waals surface area contributed by atoms with Gasteiger partial charge in [-0.3, -0.25) is 4.79 Å². The molecule has 1 aliphatic heterocycles. The van der Waals surface area contributed by atoms with E-state index < -0.39 is 0 Å².